The molecule has 3 atom stereocenters. The Morgan fingerprint density at radius 3 is 2.57 bits per heavy atom. The minimum Gasteiger partial charge on any atom is -0.377 e. The molecule has 2 saturated carbocycles. The Kier molecular flexibility index (Phi) is 3.61. The predicted octanol–water partition coefficient (Wildman–Crippen LogP) is 2.17. The van der Waals surface area contributed by atoms with Crippen LogP contribution in [0.5, 0.6) is 0 Å². The van der Waals surface area contributed by atoms with E-state index in [1.165, 1.54) is 0 Å². The number of carbonyl (C=O) groups is 1. The summed E-state index contributed by atoms with van der Waals surface area (Å²) in [6.45, 7) is 10.2. The summed E-state index contributed by atoms with van der Waals surface area (Å²) in [7, 11) is 0. The van der Waals surface area contributed by atoms with Crippen molar-refractivity contribution in [3.8, 4) is 0 Å². The van der Waals surface area contributed by atoms with Crippen LogP contribution in [0.15, 0.2) is 0 Å². The van der Waals surface area contributed by atoms with Crippen LogP contribution in [0.2, 0.25) is 0 Å². The van der Waals surface area contributed by atoms with Gasteiger partial charge in [-0.3, -0.25) is 4.79 Å². The van der Waals surface area contributed by atoms with Crippen molar-refractivity contribution in [1.29, 1.82) is 0 Å². The molecule has 0 aromatic carbocycles. The monoisotopic (exact) mass is 294 g/mol. The molecule has 0 aromatic rings. The zero-order valence-corrected chi connectivity index (χ0v) is 13.9. The van der Waals surface area contributed by atoms with E-state index >= 15 is 0 Å². The highest BCUT2D eigenvalue weighted by Crippen LogP contribution is 2.58. The maximum absolute atomic E-state index is 13.3. The molecule has 2 N–H and O–H groups in total. The second-order valence-corrected chi connectivity index (χ2v) is 8.21. The Balaban J connectivity index is 1.84. The van der Waals surface area contributed by atoms with Crippen LogP contribution < -0.4 is 5.73 Å². The first-order valence-corrected chi connectivity index (χ1v) is 8.51. The average Bonchev–Trinajstić information content (AvgIpc) is 3.27. The molecule has 1 aliphatic heterocycles. The fourth-order valence-electron chi connectivity index (χ4n) is 4.43. The highest BCUT2D eigenvalue weighted by Gasteiger charge is 2.71. The number of nitrogens with zero attached hydrogens (tertiary/aromatic N) is 1. The van der Waals surface area contributed by atoms with Gasteiger partial charge in [-0.15, -0.1) is 0 Å². The maximum Gasteiger partial charge on any atom is 0.243 e. The number of rotatable bonds is 4. The standard InChI is InChI=1S/C17H30N2O2/c1-11(2)10-19(12-7-8-12)15(20)17(18)13-6-5-9-21-14(13)16(17,3)4/h11-14H,5-10,18H2,1-4H3. The van der Waals surface area contributed by atoms with Crippen LogP contribution in [-0.4, -0.2) is 41.6 Å². The third-order valence-electron chi connectivity index (χ3n) is 5.85. The Bertz CT molecular complexity index is 431. The quantitative estimate of drug-likeness (QED) is 0.864. The maximum atomic E-state index is 13.3. The molecular weight excluding hydrogens is 264 g/mol. The van der Waals surface area contributed by atoms with Crippen molar-refractivity contribution in [3.05, 3.63) is 0 Å². The lowest BCUT2D eigenvalue weighted by Gasteiger charge is -2.65. The first-order valence-electron chi connectivity index (χ1n) is 8.51. The third kappa shape index (κ3) is 2.14. The van der Waals surface area contributed by atoms with Gasteiger partial charge in [0.2, 0.25) is 5.91 Å². The second kappa shape index (κ2) is 4.95. The highest BCUT2D eigenvalue weighted by atomic mass is 16.5. The lowest BCUT2D eigenvalue weighted by atomic mass is 9.46. The molecule has 3 fully saturated rings. The third-order valence-corrected chi connectivity index (χ3v) is 5.85. The Morgan fingerprint density at radius 1 is 1.33 bits per heavy atom. The Morgan fingerprint density at radius 2 is 2.00 bits per heavy atom. The molecule has 0 spiro atoms. The SMILES string of the molecule is CC(C)CN(C(=O)C1(N)C2CCCOC2C1(C)C)C1CC1. The smallest absolute Gasteiger partial charge is 0.243 e. The van der Waals surface area contributed by atoms with Crippen molar-refractivity contribution in [1.82, 2.24) is 4.90 Å². The van der Waals surface area contributed by atoms with Gasteiger partial charge in [-0.25, -0.2) is 0 Å². The molecule has 3 aliphatic rings. The molecule has 2 aliphatic carbocycles. The number of nitrogens with two attached hydrogens (primary N) is 1. The minimum absolute atomic E-state index is 0.153. The number of fused-ring (bicyclic) bond motifs is 1. The van der Waals surface area contributed by atoms with Gasteiger partial charge < -0.3 is 15.4 Å². The van der Waals surface area contributed by atoms with Gasteiger partial charge in [0.15, 0.2) is 0 Å². The summed E-state index contributed by atoms with van der Waals surface area (Å²) >= 11 is 0. The van der Waals surface area contributed by atoms with Crippen LogP contribution >= 0.6 is 0 Å². The van der Waals surface area contributed by atoms with E-state index in [-0.39, 0.29) is 23.3 Å². The molecule has 4 heteroatoms. The second-order valence-electron chi connectivity index (χ2n) is 8.21. The van der Waals surface area contributed by atoms with Crippen molar-refractivity contribution < 1.29 is 9.53 Å². The van der Waals surface area contributed by atoms with E-state index < -0.39 is 5.54 Å². The zero-order chi connectivity index (χ0) is 15.4. The average molecular weight is 294 g/mol. The topological polar surface area (TPSA) is 55.6 Å². The number of hydrogen-bond donors (Lipinski definition) is 1. The normalized spacial score (nSPS) is 37.8. The molecule has 0 bridgehead atoms. The number of amides is 1. The Hall–Kier alpha value is -0.610. The molecule has 3 unspecified atom stereocenters. The molecule has 21 heavy (non-hydrogen) atoms. The summed E-state index contributed by atoms with van der Waals surface area (Å²) in [5, 5.41) is 0. The van der Waals surface area contributed by atoms with Crippen molar-refractivity contribution in [2.24, 2.45) is 23.0 Å². The molecule has 3 rings (SSSR count). The molecule has 1 amide bonds. The zero-order valence-electron chi connectivity index (χ0n) is 13.9. The van der Waals surface area contributed by atoms with Crippen molar-refractivity contribution >= 4 is 5.91 Å². The summed E-state index contributed by atoms with van der Waals surface area (Å²) in [6.07, 6.45) is 4.48. The summed E-state index contributed by atoms with van der Waals surface area (Å²) in [4.78, 5) is 15.4. The van der Waals surface area contributed by atoms with Crippen molar-refractivity contribution in [3.63, 3.8) is 0 Å². The molecule has 4 nitrogen and oxygen atoms in total. The largest absolute Gasteiger partial charge is 0.377 e. The van der Waals surface area contributed by atoms with E-state index in [4.69, 9.17) is 10.5 Å². The summed E-state index contributed by atoms with van der Waals surface area (Å²) in [6, 6.07) is 0.430. The van der Waals surface area contributed by atoms with E-state index in [9.17, 15) is 4.79 Å². The van der Waals surface area contributed by atoms with Gasteiger partial charge in [0.05, 0.1) is 6.10 Å². The predicted molar refractivity (Wildman–Crippen MR) is 82.7 cm³/mol. The van der Waals surface area contributed by atoms with E-state index in [0.717, 1.165) is 38.8 Å². The van der Waals surface area contributed by atoms with Gasteiger partial charge in [0, 0.05) is 30.5 Å². The molecule has 1 heterocycles. The van der Waals surface area contributed by atoms with Crippen LogP contribution in [-0.2, 0) is 9.53 Å². The van der Waals surface area contributed by atoms with Gasteiger partial charge in [-0.05, 0) is 31.6 Å². The molecule has 0 radical (unpaired) electrons. The number of hydrogen-bond acceptors (Lipinski definition) is 3. The van der Waals surface area contributed by atoms with Crippen LogP contribution in [0.1, 0.15) is 53.4 Å². The van der Waals surface area contributed by atoms with E-state index in [0.29, 0.717) is 12.0 Å². The summed E-state index contributed by atoms with van der Waals surface area (Å²) in [5.41, 5.74) is 5.74. The summed E-state index contributed by atoms with van der Waals surface area (Å²) < 4.78 is 5.92. The van der Waals surface area contributed by atoms with Gasteiger partial charge in [-0.2, -0.15) is 0 Å². The van der Waals surface area contributed by atoms with Crippen molar-refractivity contribution in [2.45, 2.75) is 71.1 Å². The van der Waals surface area contributed by atoms with Crippen LogP contribution in [0.4, 0.5) is 0 Å². The minimum atomic E-state index is -0.741. The van der Waals surface area contributed by atoms with Crippen LogP contribution in [0.3, 0.4) is 0 Å². The first-order chi connectivity index (χ1) is 9.80. The van der Waals surface area contributed by atoms with Gasteiger partial charge in [0.1, 0.15) is 5.54 Å². The van der Waals surface area contributed by atoms with Gasteiger partial charge in [0.25, 0.3) is 0 Å². The van der Waals surface area contributed by atoms with E-state index in [2.05, 4.69) is 32.6 Å². The lowest BCUT2D eigenvalue weighted by Crippen LogP contribution is -2.82. The molecule has 120 valence electrons. The van der Waals surface area contributed by atoms with Crippen molar-refractivity contribution in [2.75, 3.05) is 13.2 Å². The van der Waals surface area contributed by atoms with Crippen LogP contribution in [0.25, 0.3) is 0 Å². The van der Waals surface area contributed by atoms with E-state index in [1.807, 2.05) is 0 Å². The fraction of sp³-hybridized carbons (Fsp3) is 0.941. The fourth-order valence-corrected chi connectivity index (χ4v) is 4.43. The van der Waals surface area contributed by atoms with E-state index in [1.54, 1.807) is 0 Å². The van der Waals surface area contributed by atoms with Gasteiger partial charge in [-0.1, -0.05) is 27.7 Å². The first kappa shape index (κ1) is 15.3. The number of ether oxygens (including phenoxy) is 1. The molecular formula is C17H30N2O2. The summed E-state index contributed by atoms with van der Waals surface area (Å²) in [5.74, 6) is 0.859. The lowest BCUT2D eigenvalue weighted by molar-refractivity contribution is -0.230. The van der Waals surface area contributed by atoms with Crippen LogP contribution in [0, 0.1) is 17.3 Å². The molecule has 0 aromatic heterocycles. The number of carbonyl (C=O) groups excluding carboxylic acids is 1. The van der Waals surface area contributed by atoms with Gasteiger partial charge >= 0.3 is 0 Å². The Labute approximate surface area is 128 Å². The molecule has 1 saturated heterocycles. The highest BCUT2D eigenvalue weighted by molar-refractivity contribution is 5.90.